The van der Waals surface area contributed by atoms with Gasteiger partial charge in [0.15, 0.2) is 0 Å². The Labute approximate surface area is 178 Å². The standard InChI is InChI=1S/C21H21ClN4O4/c1-14-20(26(28)29)15(2)25(24-14)11-10-23-21(27)17-7-5-6-16(12-17)13-30-19-9-4-3-8-18(19)22/h3-9,12H,10-11,13H2,1-2H3,(H,23,27). The molecule has 1 amide bonds. The van der Waals surface area contributed by atoms with E-state index in [1.54, 1.807) is 44.2 Å². The summed E-state index contributed by atoms with van der Waals surface area (Å²) < 4.78 is 7.24. The maximum atomic E-state index is 12.5. The average molecular weight is 429 g/mol. The molecule has 30 heavy (non-hydrogen) atoms. The second-order valence-corrected chi connectivity index (χ2v) is 7.08. The van der Waals surface area contributed by atoms with Crippen molar-refractivity contribution in [3.63, 3.8) is 0 Å². The van der Waals surface area contributed by atoms with Gasteiger partial charge in [0.1, 0.15) is 23.7 Å². The number of carbonyl (C=O) groups is 1. The van der Waals surface area contributed by atoms with Crippen LogP contribution in [-0.4, -0.2) is 27.2 Å². The molecule has 0 aliphatic rings. The molecule has 1 heterocycles. The van der Waals surface area contributed by atoms with Crippen molar-refractivity contribution < 1.29 is 14.5 Å². The summed E-state index contributed by atoms with van der Waals surface area (Å²) in [5.74, 6) is 0.332. The van der Waals surface area contributed by atoms with E-state index in [1.807, 2.05) is 18.2 Å². The number of benzene rings is 2. The maximum Gasteiger partial charge on any atom is 0.312 e. The third-order valence-electron chi connectivity index (χ3n) is 4.56. The van der Waals surface area contributed by atoms with Gasteiger partial charge in [0.2, 0.25) is 0 Å². The van der Waals surface area contributed by atoms with Gasteiger partial charge in [-0.15, -0.1) is 0 Å². The molecule has 0 bridgehead atoms. The quantitative estimate of drug-likeness (QED) is 0.430. The van der Waals surface area contributed by atoms with Crippen LogP contribution in [0.25, 0.3) is 0 Å². The maximum absolute atomic E-state index is 12.5. The summed E-state index contributed by atoms with van der Waals surface area (Å²) in [5.41, 5.74) is 2.15. The molecule has 0 unspecified atom stereocenters. The predicted octanol–water partition coefficient (Wildman–Crippen LogP) is 4.07. The number of rotatable bonds is 8. The number of para-hydroxylation sites is 1. The number of halogens is 1. The van der Waals surface area contributed by atoms with Crippen LogP contribution in [0, 0.1) is 24.0 Å². The molecule has 0 aliphatic carbocycles. The number of nitrogens with zero attached hydrogens (tertiary/aromatic N) is 3. The van der Waals surface area contributed by atoms with Gasteiger partial charge in [-0.1, -0.05) is 35.9 Å². The van der Waals surface area contributed by atoms with Gasteiger partial charge in [-0.2, -0.15) is 5.10 Å². The van der Waals surface area contributed by atoms with Crippen molar-refractivity contribution in [1.29, 1.82) is 0 Å². The molecule has 2 aromatic carbocycles. The Bertz CT molecular complexity index is 1080. The number of hydrogen-bond acceptors (Lipinski definition) is 5. The van der Waals surface area contributed by atoms with E-state index in [-0.39, 0.29) is 24.7 Å². The highest BCUT2D eigenvalue weighted by atomic mass is 35.5. The zero-order valence-corrected chi connectivity index (χ0v) is 17.3. The lowest BCUT2D eigenvalue weighted by atomic mass is 10.1. The number of aromatic nitrogens is 2. The molecular weight excluding hydrogens is 408 g/mol. The van der Waals surface area contributed by atoms with E-state index in [0.29, 0.717) is 34.3 Å². The van der Waals surface area contributed by atoms with Gasteiger partial charge in [-0.25, -0.2) is 0 Å². The van der Waals surface area contributed by atoms with Crippen LogP contribution in [0.4, 0.5) is 5.69 Å². The van der Waals surface area contributed by atoms with Gasteiger partial charge in [0.05, 0.1) is 16.5 Å². The van der Waals surface area contributed by atoms with E-state index in [1.165, 1.54) is 4.68 Å². The second-order valence-electron chi connectivity index (χ2n) is 6.68. The lowest BCUT2D eigenvalue weighted by molar-refractivity contribution is -0.386. The van der Waals surface area contributed by atoms with E-state index in [2.05, 4.69) is 10.4 Å². The fourth-order valence-electron chi connectivity index (χ4n) is 3.07. The molecule has 3 aromatic rings. The third-order valence-corrected chi connectivity index (χ3v) is 4.87. The molecule has 0 saturated carbocycles. The Hall–Kier alpha value is -3.39. The lowest BCUT2D eigenvalue weighted by Gasteiger charge is -2.10. The number of hydrogen-bond donors (Lipinski definition) is 1. The predicted molar refractivity (Wildman–Crippen MR) is 113 cm³/mol. The lowest BCUT2D eigenvalue weighted by Crippen LogP contribution is -2.27. The normalized spacial score (nSPS) is 10.6. The minimum absolute atomic E-state index is 0.00699. The van der Waals surface area contributed by atoms with Crippen LogP contribution < -0.4 is 10.1 Å². The summed E-state index contributed by atoms with van der Waals surface area (Å²) in [6, 6.07) is 14.3. The Morgan fingerprint density at radius 1 is 1.23 bits per heavy atom. The third kappa shape index (κ3) is 4.96. The van der Waals surface area contributed by atoms with Crippen LogP contribution in [0.15, 0.2) is 48.5 Å². The van der Waals surface area contributed by atoms with Crippen molar-refractivity contribution in [2.75, 3.05) is 6.54 Å². The van der Waals surface area contributed by atoms with Gasteiger partial charge in [0, 0.05) is 12.1 Å². The Morgan fingerprint density at radius 3 is 2.70 bits per heavy atom. The van der Waals surface area contributed by atoms with E-state index in [0.717, 1.165) is 5.56 Å². The minimum Gasteiger partial charge on any atom is -0.487 e. The number of carbonyl (C=O) groups excluding carboxylic acids is 1. The number of ether oxygens (including phenoxy) is 1. The van der Waals surface area contributed by atoms with E-state index in [9.17, 15) is 14.9 Å². The van der Waals surface area contributed by atoms with Crippen molar-refractivity contribution in [3.05, 3.63) is 86.2 Å². The summed E-state index contributed by atoms with van der Waals surface area (Å²) in [6.07, 6.45) is 0. The van der Waals surface area contributed by atoms with E-state index in [4.69, 9.17) is 16.3 Å². The van der Waals surface area contributed by atoms with E-state index >= 15 is 0 Å². The zero-order valence-electron chi connectivity index (χ0n) is 16.6. The largest absolute Gasteiger partial charge is 0.487 e. The molecular formula is C21H21ClN4O4. The van der Waals surface area contributed by atoms with E-state index < -0.39 is 4.92 Å². The molecule has 1 N–H and O–H groups in total. The summed E-state index contributed by atoms with van der Waals surface area (Å²) in [7, 11) is 0. The highest BCUT2D eigenvalue weighted by molar-refractivity contribution is 6.32. The number of nitro groups is 1. The number of aryl methyl sites for hydroxylation is 1. The van der Waals surface area contributed by atoms with Crippen LogP contribution in [0.1, 0.15) is 27.3 Å². The molecule has 8 nitrogen and oxygen atoms in total. The van der Waals surface area contributed by atoms with Crippen LogP contribution in [0.2, 0.25) is 5.02 Å². The highest BCUT2D eigenvalue weighted by Gasteiger charge is 2.21. The van der Waals surface area contributed by atoms with Crippen LogP contribution >= 0.6 is 11.6 Å². The molecule has 0 radical (unpaired) electrons. The van der Waals surface area contributed by atoms with Gasteiger partial charge in [-0.05, 0) is 43.7 Å². The molecule has 3 rings (SSSR count). The minimum atomic E-state index is -0.442. The van der Waals surface area contributed by atoms with Gasteiger partial charge in [0.25, 0.3) is 5.91 Å². The fraction of sp³-hybridized carbons (Fsp3) is 0.238. The summed E-state index contributed by atoms with van der Waals surface area (Å²) in [6.45, 7) is 4.14. The Morgan fingerprint density at radius 2 is 2.00 bits per heavy atom. The van der Waals surface area contributed by atoms with Crippen molar-refractivity contribution in [1.82, 2.24) is 15.1 Å². The smallest absolute Gasteiger partial charge is 0.312 e. The van der Waals surface area contributed by atoms with Gasteiger partial charge < -0.3 is 10.1 Å². The highest BCUT2D eigenvalue weighted by Crippen LogP contribution is 2.24. The van der Waals surface area contributed by atoms with Gasteiger partial charge in [-0.3, -0.25) is 19.6 Å². The van der Waals surface area contributed by atoms with Crippen molar-refractivity contribution in [3.8, 4) is 5.75 Å². The monoisotopic (exact) mass is 428 g/mol. The number of amides is 1. The SMILES string of the molecule is Cc1nn(CCNC(=O)c2cccc(COc3ccccc3Cl)c2)c(C)c1[N+](=O)[O-]. The van der Waals surface area contributed by atoms with Crippen LogP contribution in [0.5, 0.6) is 5.75 Å². The Kier molecular flexibility index (Phi) is 6.68. The second kappa shape index (κ2) is 9.41. The molecule has 156 valence electrons. The zero-order chi connectivity index (χ0) is 21.7. The first-order chi connectivity index (χ1) is 14.4. The fourth-order valence-corrected chi connectivity index (χ4v) is 3.26. The van der Waals surface area contributed by atoms with Crippen LogP contribution in [0.3, 0.4) is 0 Å². The molecule has 0 spiro atoms. The topological polar surface area (TPSA) is 99.3 Å². The van der Waals surface area contributed by atoms with Crippen molar-refractivity contribution in [2.45, 2.75) is 27.0 Å². The molecule has 9 heteroatoms. The van der Waals surface area contributed by atoms with Gasteiger partial charge >= 0.3 is 5.69 Å². The average Bonchev–Trinajstić information content (AvgIpc) is 3.01. The molecule has 1 aromatic heterocycles. The van der Waals surface area contributed by atoms with Crippen LogP contribution in [-0.2, 0) is 13.2 Å². The first-order valence-electron chi connectivity index (χ1n) is 9.29. The molecule has 0 aliphatic heterocycles. The Balaban J connectivity index is 1.57. The number of nitrogens with one attached hydrogen (secondary N) is 1. The summed E-state index contributed by atoms with van der Waals surface area (Å²) in [5, 5.41) is 18.6. The molecule has 0 saturated heterocycles. The van der Waals surface area contributed by atoms with Crippen molar-refractivity contribution in [2.24, 2.45) is 0 Å². The molecule has 0 fully saturated rings. The first-order valence-corrected chi connectivity index (χ1v) is 9.67. The summed E-state index contributed by atoms with van der Waals surface area (Å²) in [4.78, 5) is 23.1. The summed E-state index contributed by atoms with van der Waals surface area (Å²) >= 11 is 6.09. The molecule has 0 atom stereocenters. The first kappa shape index (κ1) is 21.3. The van der Waals surface area contributed by atoms with Crippen molar-refractivity contribution >= 4 is 23.2 Å².